The summed E-state index contributed by atoms with van der Waals surface area (Å²) in [5.74, 6) is 0.560. The highest BCUT2D eigenvalue weighted by molar-refractivity contribution is 6.09. The number of Topliss-reactive ketones (excluding diaryl/α,β-unsaturated/α-hetero) is 1. The van der Waals surface area contributed by atoms with Crippen molar-refractivity contribution >= 4 is 16.7 Å². The quantitative estimate of drug-likeness (QED) is 0.829. The highest BCUT2D eigenvalue weighted by atomic mass is 16.5. The van der Waals surface area contributed by atoms with Gasteiger partial charge in [-0.1, -0.05) is 0 Å². The van der Waals surface area contributed by atoms with E-state index in [2.05, 4.69) is 0 Å². The van der Waals surface area contributed by atoms with Crippen molar-refractivity contribution in [3.8, 4) is 11.6 Å². The van der Waals surface area contributed by atoms with Crippen LogP contribution in [0.4, 0.5) is 0 Å². The second-order valence-corrected chi connectivity index (χ2v) is 3.88. The number of methoxy groups -OCH3 is 1. The fourth-order valence-electron chi connectivity index (χ4n) is 2.11. The maximum atomic E-state index is 11.6. The smallest absolute Gasteiger partial charge is 0.203 e. The van der Waals surface area contributed by atoms with Gasteiger partial charge in [-0.25, -0.2) is 0 Å². The largest absolute Gasteiger partial charge is 0.497 e. The lowest BCUT2D eigenvalue weighted by molar-refractivity contribution is 0.101. The van der Waals surface area contributed by atoms with E-state index >= 15 is 0 Å². The molecule has 17 heavy (non-hydrogen) atoms. The molecule has 4 heteroatoms. The molecule has 0 fully saturated rings. The summed E-state index contributed by atoms with van der Waals surface area (Å²) in [6.45, 7) is 3.99. The number of hydrogen-bond donors (Lipinski definition) is 1. The summed E-state index contributed by atoms with van der Waals surface area (Å²) in [4.78, 5) is 11.6. The highest BCUT2D eigenvalue weighted by Gasteiger charge is 2.19. The molecule has 0 aliphatic carbocycles. The van der Waals surface area contributed by atoms with E-state index in [-0.39, 0.29) is 11.7 Å². The summed E-state index contributed by atoms with van der Waals surface area (Å²) in [5.41, 5.74) is 1.21. The number of fused-ring (bicyclic) bond motifs is 1. The van der Waals surface area contributed by atoms with Crippen LogP contribution in [0.5, 0.6) is 11.6 Å². The van der Waals surface area contributed by atoms with E-state index in [0.29, 0.717) is 17.9 Å². The fraction of sp³-hybridized carbons (Fsp3) is 0.308. The predicted octanol–water partition coefficient (Wildman–Crippen LogP) is 2.58. The molecule has 0 aliphatic rings. The van der Waals surface area contributed by atoms with Crippen molar-refractivity contribution in [3.63, 3.8) is 0 Å². The first-order chi connectivity index (χ1) is 8.10. The van der Waals surface area contributed by atoms with Gasteiger partial charge in [0.2, 0.25) is 5.88 Å². The first kappa shape index (κ1) is 11.5. The molecule has 1 aromatic heterocycles. The molecular weight excluding hydrogens is 218 g/mol. The second kappa shape index (κ2) is 4.13. The summed E-state index contributed by atoms with van der Waals surface area (Å²) in [5, 5.41) is 10.8. The minimum atomic E-state index is -0.145. The zero-order chi connectivity index (χ0) is 12.6. The van der Waals surface area contributed by atoms with Crippen LogP contribution < -0.4 is 4.74 Å². The number of ketones is 1. The van der Waals surface area contributed by atoms with Gasteiger partial charge in [-0.3, -0.25) is 4.79 Å². The molecular formula is C13H15NO3. The molecule has 4 nitrogen and oxygen atoms in total. The van der Waals surface area contributed by atoms with Crippen LogP contribution in [0.3, 0.4) is 0 Å². The van der Waals surface area contributed by atoms with Crippen LogP contribution >= 0.6 is 0 Å². The fourth-order valence-corrected chi connectivity index (χ4v) is 2.11. The average molecular weight is 233 g/mol. The molecule has 0 saturated heterocycles. The maximum absolute atomic E-state index is 11.6. The van der Waals surface area contributed by atoms with E-state index in [1.807, 2.05) is 19.1 Å². The number of carbonyl (C=O) groups excluding carboxylic acids is 1. The van der Waals surface area contributed by atoms with Crippen LogP contribution in [-0.4, -0.2) is 22.6 Å². The van der Waals surface area contributed by atoms with Gasteiger partial charge in [0.15, 0.2) is 5.78 Å². The van der Waals surface area contributed by atoms with E-state index in [4.69, 9.17) is 4.74 Å². The Kier molecular flexibility index (Phi) is 2.79. The third kappa shape index (κ3) is 1.65. The molecule has 2 aromatic rings. The number of aromatic nitrogens is 1. The normalized spacial score (nSPS) is 10.8. The minimum Gasteiger partial charge on any atom is -0.497 e. The minimum absolute atomic E-state index is 0.0308. The maximum Gasteiger partial charge on any atom is 0.203 e. The average Bonchev–Trinajstić information content (AvgIpc) is 2.59. The van der Waals surface area contributed by atoms with Crippen molar-refractivity contribution in [2.75, 3.05) is 7.11 Å². The van der Waals surface area contributed by atoms with Crippen LogP contribution in [0.25, 0.3) is 10.9 Å². The molecule has 90 valence electrons. The zero-order valence-corrected chi connectivity index (χ0v) is 10.2. The highest BCUT2D eigenvalue weighted by Crippen LogP contribution is 2.33. The third-order valence-electron chi connectivity index (χ3n) is 2.91. The van der Waals surface area contributed by atoms with Crippen molar-refractivity contribution in [2.45, 2.75) is 20.4 Å². The topological polar surface area (TPSA) is 51.5 Å². The van der Waals surface area contributed by atoms with E-state index in [9.17, 15) is 9.90 Å². The SMILES string of the molecule is CCn1c(O)c(C(C)=O)c2cc(OC)ccc21. The zero-order valence-electron chi connectivity index (χ0n) is 10.2. The van der Waals surface area contributed by atoms with Crippen LogP contribution in [0.2, 0.25) is 0 Å². The molecule has 0 atom stereocenters. The Bertz CT molecular complexity index is 584. The van der Waals surface area contributed by atoms with Crippen LogP contribution in [0.1, 0.15) is 24.2 Å². The van der Waals surface area contributed by atoms with E-state index in [0.717, 1.165) is 10.9 Å². The molecule has 0 unspecified atom stereocenters. The first-order valence-corrected chi connectivity index (χ1v) is 5.50. The Morgan fingerprint density at radius 1 is 1.47 bits per heavy atom. The summed E-state index contributed by atoms with van der Waals surface area (Å²) < 4.78 is 6.85. The van der Waals surface area contributed by atoms with Crippen molar-refractivity contribution in [1.29, 1.82) is 0 Å². The van der Waals surface area contributed by atoms with Gasteiger partial charge in [0.05, 0.1) is 18.2 Å². The molecule has 0 spiro atoms. The predicted molar refractivity (Wildman–Crippen MR) is 65.8 cm³/mol. The summed E-state index contributed by atoms with van der Waals surface area (Å²) in [7, 11) is 1.57. The number of rotatable bonds is 3. The molecule has 1 N–H and O–H groups in total. The summed E-state index contributed by atoms with van der Waals surface area (Å²) >= 11 is 0. The monoisotopic (exact) mass is 233 g/mol. The van der Waals surface area contributed by atoms with Gasteiger partial charge in [0.25, 0.3) is 0 Å². The van der Waals surface area contributed by atoms with Gasteiger partial charge in [-0.2, -0.15) is 0 Å². The number of aryl methyl sites for hydroxylation is 1. The molecule has 0 bridgehead atoms. The molecule has 1 heterocycles. The Morgan fingerprint density at radius 2 is 2.18 bits per heavy atom. The summed E-state index contributed by atoms with van der Waals surface area (Å²) in [6.07, 6.45) is 0. The van der Waals surface area contributed by atoms with Crippen molar-refractivity contribution in [1.82, 2.24) is 4.57 Å². The number of benzene rings is 1. The second-order valence-electron chi connectivity index (χ2n) is 3.88. The van der Waals surface area contributed by atoms with E-state index < -0.39 is 0 Å². The Balaban J connectivity index is 2.86. The Hall–Kier alpha value is -1.97. The standard InChI is InChI=1S/C13H15NO3/c1-4-14-11-6-5-9(17-3)7-10(11)12(8(2)15)13(14)16/h5-7,16H,4H2,1-3H3. The Labute approximate surface area is 99.4 Å². The molecule has 1 aromatic carbocycles. The van der Waals surface area contributed by atoms with Crippen LogP contribution in [0, 0.1) is 0 Å². The molecule has 0 amide bonds. The van der Waals surface area contributed by atoms with Gasteiger partial charge in [-0.05, 0) is 32.0 Å². The number of hydrogen-bond acceptors (Lipinski definition) is 3. The molecule has 0 radical (unpaired) electrons. The van der Waals surface area contributed by atoms with Gasteiger partial charge in [0, 0.05) is 11.9 Å². The van der Waals surface area contributed by atoms with Crippen LogP contribution in [-0.2, 0) is 6.54 Å². The lowest BCUT2D eigenvalue weighted by Crippen LogP contribution is -1.94. The number of nitrogens with zero attached hydrogens (tertiary/aromatic N) is 1. The van der Waals surface area contributed by atoms with Gasteiger partial charge >= 0.3 is 0 Å². The van der Waals surface area contributed by atoms with Crippen molar-refractivity contribution < 1.29 is 14.6 Å². The lowest BCUT2D eigenvalue weighted by Gasteiger charge is -2.03. The first-order valence-electron chi connectivity index (χ1n) is 5.50. The number of carbonyl (C=O) groups is 1. The summed E-state index contributed by atoms with van der Waals surface area (Å²) in [6, 6.07) is 5.44. The molecule has 0 saturated carbocycles. The Morgan fingerprint density at radius 3 is 2.71 bits per heavy atom. The van der Waals surface area contributed by atoms with E-state index in [1.54, 1.807) is 17.7 Å². The van der Waals surface area contributed by atoms with Crippen molar-refractivity contribution in [3.05, 3.63) is 23.8 Å². The number of ether oxygens (including phenoxy) is 1. The van der Waals surface area contributed by atoms with Crippen LogP contribution in [0.15, 0.2) is 18.2 Å². The molecule has 0 aliphatic heterocycles. The van der Waals surface area contributed by atoms with Crippen molar-refractivity contribution in [2.24, 2.45) is 0 Å². The lowest BCUT2D eigenvalue weighted by atomic mass is 10.1. The number of aromatic hydroxyl groups is 1. The molecule has 2 rings (SSSR count). The third-order valence-corrected chi connectivity index (χ3v) is 2.91. The van der Waals surface area contributed by atoms with E-state index in [1.165, 1.54) is 6.92 Å². The van der Waals surface area contributed by atoms with Gasteiger partial charge in [-0.15, -0.1) is 0 Å². The van der Waals surface area contributed by atoms with Gasteiger partial charge < -0.3 is 14.4 Å². The van der Waals surface area contributed by atoms with Gasteiger partial charge in [0.1, 0.15) is 5.75 Å².